The average Bonchev–Trinajstić information content (AvgIpc) is 2.71. The van der Waals surface area contributed by atoms with Gasteiger partial charge in [-0.1, -0.05) is 33.3 Å². The number of nitrogens with one attached hydrogen (secondary N) is 1. The van der Waals surface area contributed by atoms with Crippen LogP contribution in [0.5, 0.6) is 0 Å². The van der Waals surface area contributed by atoms with Gasteiger partial charge in [-0.15, -0.1) is 0 Å². The lowest BCUT2D eigenvalue weighted by molar-refractivity contribution is -0.134. The summed E-state index contributed by atoms with van der Waals surface area (Å²) in [6.07, 6.45) is 3.85. The van der Waals surface area contributed by atoms with Crippen LogP contribution in [-0.4, -0.2) is 80.1 Å². The summed E-state index contributed by atoms with van der Waals surface area (Å²) in [5.74, 6) is 0.0275. The molecule has 1 heterocycles. The Morgan fingerprint density at radius 2 is 1.66 bits per heavy atom. The van der Waals surface area contributed by atoms with Crippen molar-refractivity contribution < 1.29 is 14.7 Å². The Kier molecular flexibility index (Phi) is 16.3. The van der Waals surface area contributed by atoms with E-state index in [0.29, 0.717) is 0 Å². The molecule has 7 nitrogen and oxygen atoms in total. The average molecular weight is 451 g/mol. The van der Waals surface area contributed by atoms with Crippen LogP contribution >= 0.6 is 0 Å². The van der Waals surface area contributed by atoms with Crippen molar-refractivity contribution in [3.05, 3.63) is 24.3 Å². The van der Waals surface area contributed by atoms with Crippen molar-refractivity contribution in [2.75, 3.05) is 63.6 Å². The summed E-state index contributed by atoms with van der Waals surface area (Å²) in [5, 5.41) is 10.3. The Hall–Kier alpha value is -2.12. The number of aliphatic carboxylic acids is 1. The lowest BCUT2D eigenvalue weighted by Gasteiger charge is -2.36. The van der Waals surface area contributed by atoms with Gasteiger partial charge in [0.1, 0.15) is 0 Å². The first kappa shape index (κ1) is 29.9. The van der Waals surface area contributed by atoms with Gasteiger partial charge < -0.3 is 20.2 Å². The molecule has 32 heavy (non-hydrogen) atoms. The van der Waals surface area contributed by atoms with Crippen molar-refractivity contribution in [1.82, 2.24) is 9.80 Å². The van der Waals surface area contributed by atoms with E-state index in [9.17, 15) is 4.79 Å². The topological polar surface area (TPSA) is 76.1 Å². The van der Waals surface area contributed by atoms with Gasteiger partial charge in [-0.05, 0) is 64.1 Å². The summed E-state index contributed by atoms with van der Waals surface area (Å²) < 4.78 is 0. The third-order valence-corrected chi connectivity index (χ3v) is 5.05. The summed E-state index contributed by atoms with van der Waals surface area (Å²) in [4.78, 5) is 27.4. The largest absolute Gasteiger partial charge is 0.481 e. The van der Waals surface area contributed by atoms with Gasteiger partial charge in [-0.3, -0.25) is 14.5 Å². The van der Waals surface area contributed by atoms with Crippen LogP contribution in [0.1, 0.15) is 53.9 Å². The molecule has 1 saturated heterocycles. The van der Waals surface area contributed by atoms with Crippen LogP contribution < -0.4 is 10.2 Å². The minimum atomic E-state index is -0.833. The van der Waals surface area contributed by atoms with Gasteiger partial charge >= 0.3 is 0 Å². The monoisotopic (exact) mass is 450 g/mol. The number of piperazine rings is 1. The first-order chi connectivity index (χ1) is 15.0. The zero-order valence-corrected chi connectivity index (χ0v) is 21.4. The number of hydrogen-bond donors (Lipinski definition) is 2. The molecule has 0 bridgehead atoms. The molecule has 0 aromatic heterocycles. The van der Waals surface area contributed by atoms with Crippen molar-refractivity contribution in [3.63, 3.8) is 0 Å². The molecular formula is C25H46N4O3. The molecule has 1 fully saturated rings. The van der Waals surface area contributed by atoms with Crippen LogP contribution in [0.25, 0.3) is 0 Å². The fourth-order valence-corrected chi connectivity index (χ4v) is 2.98. The predicted octanol–water partition coefficient (Wildman–Crippen LogP) is 4.25. The second-order valence-corrected chi connectivity index (χ2v) is 8.89. The molecule has 1 aliphatic heterocycles. The van der Waals surface area contributed by atoms with E-state index in [0.717, 1.165) is 44.7 Å². The number of rotatable bonds is 8. The number of carboxylic acid groups (broad SMARTS) is 1. The number of benzene rings is 1. The first-order valence-corrected chi connectivity index (χ1v) is 11.7. The zero-order chi connectivity index (χ0) is 24.5. The lowest BCUT2D eigenvalue weighted by Crippen LogP contribution is -2.46. The van der Waals surface area contributed by atoms with E-state index in [2.05, 4.69) is 67.0 Å². The fourth-order valence-electron chi connectivity index (χ4n) is 2.98. The van der Waals surface area contributed by atoms with E-state index in [-0.39, 0.29) is 5.91 Å². The SMILES string of the molecule is CC(=O)Nc1cccc(N2CCN(CCCCN(C)C)CC2)c1.CC(=O)O.CCC(C)C. The second-order valence-electron chi connectivity index (χ2n) is 8.89. The molecule has 1 aliphatic rings. The summed E-state index contributed by atoms with van der Waals surface area (Å²) in [5.41, 5.74) is 2.07. The van der Waals surface area contributed by atoms with Crippen LogP contribution in [0.4, 0.5) is 11.4 Å². The standard InChI is InChI=1S/C18H30N4O.C5H12.C2H4O2/c1-16(23)19-17-7-6-8-18(15-17)22-13-11-21(12-14-22)10-5-4-9-20(2)3;1-4-5(2)3;1-2(3)4/h6-8,15H,4-5,9-14H2,1-3H3,(H,19,23);5H,4H2,1-3H3;1H3,(H,3,4). The highest BCUT2D eigenvalue weighted by molar-refractivity contribution is 5.89. The number of unbranched alkanes of at least 4 members (excludes halogenated alkanes) is 1. The maximum atomic E-state index is 11.2. The molecule has 2 N–H and O–H groups in total. The maximum absolute atomic E-state index is 11.2. The van der Waals surface area contributed by atoms with Crippen LogP contribution in [0, 0.1) is 5.92 Å². The van der Waals surface area contributed by atoms with E-state index in [4.69, 9.17) is 9.90 Å². The highest BCUT2D eigenvalue weighted by Crippen LogP contribution is 2.21. The summed E-state index contributed by atoms with van der Waals surface area (Å²) in [6, 6.07) is 8.13. The van der Waals surface area contributed by atoms with Crippen molar-refractivity contribution in [2.24, 2.45) is 5.92 Å². The van der Waals surface area contributed by atoms with Gasteiger partial charge in [0.2, 0.25) is 5.91 Å². The Balaban J connectivity index is 0.000000906. The lowest BCUT2D eigenvalue weighted by atomic mass is 10.2. The van der Waals surface area contributed by atoms with E-state index in [1.54, 1.807) is 6.92 Å². The predicted molar refractivity (Wildman–Crippen MR) is 136 cm³/mol. The van der Waals surface area contributed by atoms with E-state index >= 15 is 0 Å². The maximum Gasteiger partial charge on any atom is 0.300 e. The minimum absolute atomic E-state index is 0.0234. The Labute approximate surface area is 195 Å². The first-order valence-electron chi connectivity index (χ1n) is 11.7. The molecule has 0 saturated carbocycles. The molecule has 1 amide bonds. The van der Waals surface area contributed by atoms with E-state index in [1.807, 2.05) is 12.1 Å². The quantitative estimate of drug-likeness (QED) is 0.577. The van der Waals surface area contributed by atoms with Crippen LogP contribution in [0.15, 0.2) is 24.3 Å². The number of hydrogen-bond acceptors (Lipinski definition) is 5. The number of carbonyl (C=O) groups excluding carboxylic acids is 1. The second kappa shape index (κ2) is 17.4. The van der Waals surface area contributed by atoms with E-state index < -0.39 is 5.97 Å². The van der Waals surface area contributed by atoms with Crippen molar-refractivity contribution >= 4 is 23.3 Å². The van der Waals surface area contributed by atoms with Crippen molar-refractivity contribution in [3.8, 4) is 0 Å². The third kappa shape index (κ3) is 16.6. The number of carbonyl (C=O) groups is 2. The molecule has 7 heteroatoms. The molecule has 0 radical (unpaired) electrons. The minimum Gasteiger partial charge on any atom is -0.481 e. The molecule has 1 aromatic carbocycles. The Morgan fingerprint density at radius 1 is 1.09 bits per heavy atom. The van der Waals surface area contributed by atoms with Gasteiger partial charge in [0, 0.05) is 51.4 Å². The van der Waals surface area contributed by atoms with Crippen LogP contribution in [0.3, 0.4) is 0 Å². The van der Waals surface area contributed by atoms with Crippen LogP contribution in [-0.2, 0) is 9.59 Å². The molecule has 0 unspecified atom stereocenters. The molecular weight excluding hydrogens is 404 g/mol. The van der Waals surface area contributed by atoms with Crippen molar-refractivity contribution in [1.29, 1.82) is 0 Å². The fraction of sp³-hybridized carbons (Fsp3) is 0.680. The molecule has 0 aliphatic carbocycles. The smallest absolute Gasteiger partial charge is 0.300 e. The van der Waals surface area contributed by atoms with E-state index in [1.165, 1.54) is 38.0 Å². The zero-order valence-electron chi connectivity index (χ0n) is 21.4. The molecule has 0 atom stereocenters. The summed E-state index contributed by atoms with van der Waals surface area (Å²) in [6.45, 7) is 16.0. The van der Waals surface area contributed by atoms with Gasteiger partial charge in [0.15, 0.2) is 0 Å². The number of anilines is 2. The van der Waals surface area contributed by atoms with Gasteiger partial charge in [0.25, 0.3) is 5.97 Å². The van der Waals surface area contributed by atoms with Gasteiger partial charge in [-0.25, -0.2) is 0 Å². The Bertz CT molecular complexity index is 638. The van der Waals surface area contributed by atoms with Crippen molar-refractivity contribution in [2.45, 2.75) is 53.9 Å². The van der Waals surface area contributed by atoms with Gasteiger partial charge in [0.05, 0.1) is 0 Å². The normalized spacial score (nSPS) is 13.7. The highest BCUT2D eigenvalue weighted by atomic mass is 16.4. The Morgan fingerprint density at radius 3 is 2.12 bits per heavy atom. The van der Waals surface area contributed by atoms with Crippen LogP contribution in [0.2, 0.25) is 0 Å². The molecule has 184 valence electrons. The molecule has 0 spiro atoms. The molecule has 2 rings (SSSR count). The summed E-state index contributed by atoms with van der Waals surface area (Å²) >= 11 is 0. The number of amides is 1. The summed E-state index contributed by atoms with van der Waals surface area (Å²) in [7, 11) is 4.27. The number of carboxylic acids is 1. The highest BCUT2D eigenvalue weighted by Gasteiger charge is 2.17. The van der Waals surface area contributed by atoms with Gasteiger partial charge in [-0.2, -0.15) is 0 Å². The number of nitrogens with zero attached hydrogens (tertiary/aromatic N) is 3. The molecule has 1 aromatic rings. The third-order valence-electron chi connectivity index (χ3n) is 5.05.